The smallest absolute Gasteiger partial charge is 0.266 e. The molecule has 10 aromatic rings. The molecule has 0 bridgehead atoms. The Labute approximate surface area is 833 Å². The van der Waals surface area contributed by atoms with Crippen LogP contribution in [-0.4, -0.2) is 262 Å². The molecular formula is C112H135ClF3N15O10. The molecule has 5 amide bonds. The lowest BCUT2D eigenvalue weighted by Gasteiger charge is -2.42. The summed E-state index contributed by atoms with van der Waals surface area (Å²) in [6.07, 6.45) is 8.90. The topological polar surface area (TPSA) is 209 Å². The van der Waals surface area contributed by atoms with Gasteiger partial charge in [0, 0.05) is 113 Å². The Kier molecular flexibility index (Phi) is 35.3. The standard InChI is InChI=1S/C24H28F2N2O2.C23H26ClFN2O2.C22H28N4O2.C22H27N3O2.C21H26N4O2/c1-16-3-6-18(7-4-16)14-28-24(29)23(10-12-30-28)27-11-9-20(22(26)15-27)19-8-5-17(2)21(25)13-19;1-16-2-6-18(7-3-16)20-10-12-26(15-21(20)25)22-11-13-29-27(23(22)28)14-17-4-8-19(24)9-5-17;1-17-3-6-19(7-4-17)16-26-22(27)20(9-14-28-26)24-10-12-25(13-11-24)21-8-5-18(2)15-23-21;1-16-3-6-18(7-4-16)14-25-22(26)21(15-27-25)24-11-9-19(10-12-24)20-8-5-17(2)13-23-20;1-16-3-6-18(7-4-16)14-25-21(26)19(15-27-25)23-9-11-24(12-10-23)20-8-5-17(2)13-22-20/h3-8,13,20,22-23H,9-12,14-15H2,1-2H3;2-9,20-22H,10-15H2,1H3;3-8,15,20H,9-14,16H2,1-2H3;3-8,13,19,21H,9-12,14-15H2,1-2H3;3-8,13,19H,9-12,14-15H2,1-2H3/t;20?,21-,22?;;;/m.1.../s1. The number of hydroxylamine groups is 10. The van der Waals surface area contributed by atoms with E-state index >= 15 is 8.78 Å². The molecule has 0 saturated carbocycles. The normalized spacial score (nSPS) is 23.2. The van der Waals surface area contributed by atoms with Gasteiger partial charge in [0.2, 0.25) is 0 Å². The van der Waals surface area contributed by atoms with Crippen molar-refractivity contribution >= 4 is 52.8 Å². The fourth-order valence-electron chi connectivity index (χ4n) is 20.0. The van der Waals surface area contributed by atoms with Crippen molar-refractivity contribution < 1.29 is 61.3 Å². The number of alkyl halides is 2. The monoisotopic (exact) mass is 1940 g/mol. The highest BCUT2D eigenvalue weighted by Crippen LogP contribution is 2.38. The molecule has 9 atom stereocenters. The summed E-state index contributed by atoms with van der Waals surface area (Å²) < 4.78 is 44.0. The highest BCUT2D eigenvalue weighted by Gasteiger charge is 2.45. The van der Waals surface area contributed by atoms with Crippen molar-refractivity contribution in [1.82, 2.24) is 64.8 Å². The van der Waals surface area contributed by atoms with Crippen LogP contribution in [0.15, 0.2) is 219 Å². The van der Waals surface area contributed by atoms with E-state index in [-0.39, 0.29) is 90.5 Å². The van der Waals surface area contributed by atoms with Crippen LogP contribution in [0.1, 0.15) is 157 Å². The van der Waals surface area contributed by atoms with E-state index in [1.54, 1.807) is 30.2 Å². The Hall–Kier alpha value is -11.4. The van der Waals surface area contributed by atoms with Crippen molar-refractivity contribution in [2.24, 2.45) is 0 Å². The number of hydrogen-bond acceptors (Lipinski definition) is 20. The van der Waals surface area contributed by atoms with E-state index < -0.39 is 12.3 Å². The zero-order chi connectivity index (χ0) is 98.7. The summed E-state index contributed by atoms with van der Waals surface area (Å²) in [5.74, 6) is 1.80. The third-order valence-corrected chi connectivity index (χ3v) is 29.1. The highest BCUT2D eigenvalue weighted by atomic mass is 35.5. The molecule has 10 aliphatic heterocycles. The fraction of sp³-hybridized carbons (Fsp3) is 0.446. The Morgan fingerprint density at radius 2 is 0.617 bits per heavy atom. The summed E-state index contributed by atoms with van der Waals surface area (Å²) >= 11 is 5.93. The summed E-state index contributed by atoms with van der Waals surface area (Å²) in [7, 11) is 0. The number of piperidine rings is 3. The van der Waals surface area contributed by atoms with E-state index in [4.69, 9.17) is 35.8 Å². The number of aryl methyl sites for hydroxylation is 9. The maximum absolute atomic E-state index is 15.1. The fourth-order valence-corrected chi connectivity index (χ4v) is 20.2. The van der Waals surface area contributed by atoms with Gasteiger partial charge in [0.15, 0.2) is 0 Å². The van der Waals surface area contributed by atoms with Gasteiger partial charge < -0.3 is 9.80 Å². The molecule has 0 radical (unpaired) electrons. The molecule has 7 aromatic carbocycles. The third-order valence-electron chi connectivity index (χ3n) is 28.8. The highest BCUT2D eigenvalue weighted by molar-refractivity contribution is 6.30. The van der Waals surface area contributed by atoms with Gasteiger partial charge in [0.05, 0.1) is 83.9 Å². The zero-order valence-electron chi connectivity index (χ0n) is 82.8. The van der Waals surface area contributed by atoms with Crippen LogP contribution in [0.5, 0.6) is 0 Å². The maximum atomic E-state index is 15.1. The van der Waals surface area contributed by atoms with Gasteiger partial charge in [-0.2, -0.15) is 0 Å². The van der Waals surface area contributed by atoms with Crippen LogP contribution < -0.4 is 9.80 Å². The number of halogens is 4. The number of piperazine rings is 2. The van der Waals surface area contributed by atoms with Gasteiger partial charge in [-0.25, -0.2) is 48.5 Å². The molecular weight excluding hydrogens is 1810 g/mol. The summed E-state index contributed by atoms with van der Waals surface area (Å²) in [6, 6.07) is 64.6. The molecule has 10 aliphatic rings. The average molecular weight is 1940 g/mol. The molecule has 3 aromatic heterocycles. The molecule has 20 rings (SSSR count). The summed E-state index contributed by atoms with van der Waals surface area (Å²) in [5, 5.41) is 8.08. The number of pyridine rings is 3. The van der Waals surface area contributed by atoms with Crippen molar-refractivity contribution in [3.05, 3.63) is 324 Å². The molecule has 10 fully saturated rings. The van der Waals surface area contributed by atoms with Crippen molar-refractivity contribution in [3.63, 3.8) is 0 Å². The molecule has 746 valence electrons. The molecule has 141 heavy (non-hydrogen) atoms. The Morgan fingerprint density at radius 1 is 0.312 bits per heavy atom. The second-order valence-corrected chi connectivity index (χ2v) is 39.7. The van der Waals surface area contributed by atoms with Crippen LogP contribution in [0.3, 0.4) is 0 Å². The largest absolute Gasteiger partial charge is 0.354 e. The summed E-state index contributed by atoms with van der Waals surface area (Å²) in [5.41, 5.74) is 18.2. The van der Waals surface area contributed by atoms with Gasteiger partial charge in [-0.1, -0.05) is 203 Å². The quantitative estimate of drug-likeness (QED) is 0.0694. The number of benzene rings is 7. The van der Waals surface area contributed by atoms with Gasteiger partial charge >= 0.3 is 0 Å². The summed E-state index contributed by atoms with van der Waals surface area (Å²) in [6.45, 7) is 33.3. The van der Waals surface area contributed by atoms with Crippen molar-refractivity contribution in [2.75, 3.05) is 134 Å². The van der Waals surface area contributed by atoms with Gasteiger partial charge in [0.25, 0.3) is 29.5 Å². The van der Waals surface area contributed by atoms with Crippen LogP contribution in [0, 0.1) is 68.1 Å². The van der Waals surface area contributed by atoms with Crippen LogP contribution >= 0.6 is 11.6 Å². The van der Waals surface area contributed by atoms with Crippen LogP contribution in [0.25, 0.3) is 0 Å². The van der Waals surface area contributed by atoms with Gasteiger partial charge in [0.1, 0.15) is 41.9 Å². The average Bonchev–Trinajstić information content (AvgIpc) is 1.80. The van der Waals surface area contributed by atoms with Gasteiger partial charge in [-0.15, -0.1) is 0 Å². The lowest BCUT2D eigenvalue weighted by molar-refractivity contribution is -0.213. The van der Waals surface area contributed by atoms with Crippen LogP contribution in [0.2, 0.25) is 5.02 Å². The number of rotatable bonds is 20. The predicted octanol–water partition coefficient (Wildman–Crippen LogP) is 16.7. The van der Waals surface area contributed by atoms with Gasteiger partial charge in [-0.3, -0.25) is 77.6 Å². The maximum Gasteiger partial charge on any atom is 0.266 e. The SMILES string of the molecule is Cc1ccc(C2CCN(C3CCON(Cc4ccc(Cl)cc4)C3=O)C[C@H]2F)cc1.Cc1ccc(CN2OCC(N3CCC(c4ccc(C)cn4)CC3)C2=O)cc1.Cc1ccc(CN2OCC(N3CCN(c4ccc(C)cn4)CC3)C2=O)cc1.Cc1ccc(CN2OCCC(N3CCC(c4ccc(C)c(F)c4)C(F)C3)C2=O)cc1.Cc1ccc(CN2OCCC(N3CCN(c4ccc(C)cn4)CC3)C2=O)cc1. The number of hydrogen-bond donors (Lipinski definition) is 0. The van der Waals surface area contributed by atoms with Crippen molar-refractivity contribution in [2.45, 2.75) is 200 Å². The molecule has 13 heterocycles. The number of nitrogens with zero attached hydrogens (tertiary/aromatic N) is 15. The second-order valence-electron chi connectivity index (χ2n) is 39.2. The number of carbonyl (C=O) groups is 5. The third kappa shape index (κ3) is 27.1. The van der Waals surface area contributed by atoms with Crippen LogP contribution in [-0.2, 0) is 80.9 Å². The predicted molar refractivity (Wildman–Crippen MR) is 539 cm³/mol. The molecule has 0 N–H and O–H groups in total. The zero-order valence-corrected chi connectivity index (χ0v) is 83.5. The Balaban J connectivity index is 0.000000127. The lowest BCUT2D eigenvalue weighted by atomic mass is 9.86. The van der Waals surface area contributed by atoms with E-state index in [2.05, 4.69) is 164 Å². The number of carbonyl (C=O) groups excluding carboxylic acids is 5. The van der Waals surface area contributed by atoms with E-state index in [9.17, 15) is 28.4 Å². The minimum Gasteiger partial charge on any atom is -0.354 e. The Bertz CT molecular complexity index is 5610. The molecule has 25 nitrogen and oxygen atoms in total. The van der Waals surface area contributed by atoms with E-state index in [0.717, 1.165) is 135 Å². The molecule has 8 unspecified atom stereocenters. The molecule has 29 heteroatoms. The molecule has 0 aliphatic carbocycles. The Morgan fingerprint density at radius 3 is 0.972 bits per heavy atom. The minimum absolute atomic E-state index is 0.0671. The second kappa shape index (κ2) is 48.6. The first-order valence-corrected chi connectivity index (χ1v) is 50.4. The number of likely N-dealkylation sites (tertiary alicyclic amines) is 3. The van der Waals surface area contributed by atoms with E-state index in [0.29, 0.717) is 127 Å². The first-order valence-electron chi connectivity index (χ1n) is 50.0. The van der Waals surface area contributed by atoms with Crippen molar-refractivity contribution in [3.8, 4) is 0 Å². The van der Waals surface area contributed by atoms with E-state index in [1.165, 1.54) is 71.0 Å². The first-order chi connectivity index (χ1) is 68.2. The van der Waals surface area contributed by atoms with Gasteiger partial charge in [-0.05, 0) is 231 Å². The molecule has 10 saturated heterocycles. The molecule has 0 spiro atoms. The lowest BCUT2D eigenvalue weighted by Crippen LogP contribution is -2.58. The number of anilines is 2. The minimum atomic E-state index is -1.14. The summed E-state index contributed by atoms with van der Waals surface area (Å²) in [4.78, 5) is 122. The van der Waals surface area contributed by atoms with E-state index in [1.807, 2.05) is 135 Å². The number of amides is 5. The number of aromatic nitrogens is 3. The van der Waals surface area contributed by atoms with Crippen molar-refractivity contribution in [1.29, 1.82) is 0 Å². The first kappa shape index (κ1) is 103. The van der Waals surface area contributed by atoms with Crippen LogP contribution in [0.4, 0.5) is 24.8 Å².